The molecule has 0 spiro atoms. The van der Waals surface area contributed by atoms with E-state index >= 15 is 0 Å². The maximum atomic E-state index is 6.14. The summed E-state index contributed by atoms with van der Waals surface area (Å²) < 4.78 is 21.5. The molecule has 0 aliphatic heterocycles. The summed E-state index contributed by atoms with van der Waals surface area (Å²) in [5, 5.41) is 38.0. The van der Waals surface area contributed by atoms with E-state index in [0.717, 1.165) is 144 Å². The van der Waals surface area contributed by atoms with E-state index in [4.69, 9.17) is 64.3 Å². The van der Waals surface area contributed by atoms with Crippen molar-refractivity contribution in [1.29, 1.82) is 0 Å². The molecule has 32 heteroatoms. The smallest absolute Gasteiger partial charge is 0.195 e. The predicted molar refractivity (Wildman–Crippen MR) is 432 cm³/mol. The first kappa shape index (κ1) is 74.8. The average molecular weight is 1610 g/mol. The molecule has 3 aromatic carbocycles. The monoisotopic (exact) mass is 1600 g/mol. The van der Waals surface area contributed by atoms with Gasteiger partial charge < -0.3 is 24.6 Å². The molecule has 536 valence electrons. The van der Waals surface area contributed by atoms with E-state index in [0.29, 0.717) is 41.0 Å². The molecule has 15 rings (SSSR count). The number of benzene rings is 3. The van der Waals surface area contributed by atoms with E-state index in [1.165, 1.54) is 6.33 Å². The number of thiazole rings is 3. The van der Waals surface area contributed by atoms with E-state index in [2.05, 4.69) is 118 Å². The zero-order valence-corrected chi connectivity index (χ0v) is 67.7. The molecule has 0 unspecified atom stereocenters. The number of aromatic nitrogens is 18. The van der Waals surface area contributed by atoms with Crippen LogP contribution in [0.2, 0.25) is 66.4 Å². The Hall–Kier alpha value is -8.86. The number of rotatable bonds is 21. The number of hydrogen-bond acceptors (Lipinski definition) is 20. The molecule has 0 radical (unpaired) electrons. The van der Waals surface area contributed by atoms with Crippen molar-refractivity contribution in [3.63, 3.8) is 0 Å². The zero-order valence-electron chi connectivity index (χ0n) is 59.4. The number of anilines is 5. The molecule has 12 aromatic heterocycles. The third-order valence-electron chi connectivity index (χ3n) is 16.3. The van der Waals surface area contributed by atoms with E-state index in [1.54, 1.807) is 56.0 Å². The van der Waals surface area contributed by atoms with Crippen molar-refractivity contribution in [3.05, 3.63) is 202 Å². The second-order valence-electron chi connectivity index (χ2n) is 26.5. The third-order valence-corrected chi connectivity index (χ3v) is 24.5. The Morgan fingerprint density at radius 3 is 1.31 bits per heavy atom. The Morgan fingerprint density at radius 1 is 0.500 bits per heavy atom. The van der Waals surface area contributed by atoms with Gasteiger partial charge in [0.1, 0.15) is 66.7 Å². The van der Waals surface area contributed by atoms with Gasteiger partial charge in [0.15, 0.2) is 29.1 Å². The van der Waals surface area contributed by atoms with E-state index in [9.17, 15) is 0 Å². The number of H-pyrrole nitrogens is 1. The Balaban J connectivity index is 0.000000139. The van der Waals surface area contributed by atoms with Crippen LogP contribution in [0, 0.1) is 20.8 Å². The summed E-state index contributed by atoms with van der Waals surface area (Å²) in [4.78, 5) is 35.0. The number of pyridine rings is 3. The highest BCUT2D eigenvalue weighted by Gasteiger charge is 2.28. The van der Waals surface area contributed by atoms with E-state index in [-0.39, 0.29) is 0 Å². The summed E-state index contributed by atoms with van der Waals surface area (Å²) in [7, 11) is 3.61. The van der Waals surface area contributed by atoms with Crippen molar-refractivity contribution in [1.82, 2.24) is 88.5 Å². The highest BCUT2D eigenvalue weighted by Crippen LogP contribution is 2.45. The number of aromatic amines is 1. The number of nitrogens with zero attached hydrogens (tertiary/aromatic N) is 19. The Morgan fingerprint density at radius 2 is 0.894 bits per heavy atom. The van der Waals surface area contributed by atoms with Crippen LogP contribution >= 0.6 is 84.7 Å². The Bertz CT molecular complexity index is 5350. The number of ether oxygens (including phenoxy) is 2. The summed E-state index contributed by atoms with van der Waals surface area (Å²) in [5.74, 6) is 3.50. The molecule has 0 bridgehead atoms. The van der Waals surface area contributed by atoms with Gasteiger partial charge in [-0.15, -0.1) is 44.2 Å². The first-order valence-corrected chi connectivity index (χ1v) is 45.0. The first-order valence-electron chi connectivity index (χ1n) is 33.2. The predicted octanol–water partition coefficient (Wildman–Crippen LogP) is 19.2. The molecule has 104 heavy (non-hydrogen) atoms. The summed E-state index contributed by atoms with van der Waals surface area (Å²) in [5.41, 5.74) is 11.9. The zero-order chi connectivity index (χ0) is 73.4. The fourth-order valence-corrected chi connectivity index (χ4v) is 16.7. The largest absolute Gasteiger partial charge is 0.388 e. The fraction of sp³-hybridized carbons (Fsp3) is 0.250. The summed E-state index contributed by atoms with van der Waals surface area (Å²) in [6.07, 6.45) is 10.8. The molecule has 12 heterocycles. The average Bonchev–Trinajstić information content (AvgIpc) is 1.61. The number of fused-ring (bicyclic) bond motifs is 3. The summed E-state index contributed by atoms with van der Waals surface area (Å²) in [6.45, 7) is 22.3. The third kappa shape index (κ3) is 18.1. The number of nitrogens with one attached hydrogen (secondary N) is 2. The van der Waals surface area contributed by atoms with Gasteiger partial charge in [0.25, 0.3) is 0 Å². The highest BCUT2D eigenvalue weighted by molar-refractivity contribution is 9.10. The molecule has 23 nitrogen and oxygen atoms in total. The minimum Gasteiger partial charge on any atom is -0.388 e. The minimum absolute atomic E-state index is 0.374. The lowest BCUT2D eigenvalue weighted by Gasteiger charge is -2.17. The van der Waals surface area contributed by atoms with Gasteiger partial charge in [-0.2, -0.15) is 20.4 Å². The van der Waals surface area contributed by atoms with Crippen molar-refractivity contribution in [2.45, 2.75) is 85.6 Å². The van der Waals surface area contributed by atoms with Crippen LogP contribution in [0.1, 0.15) is 17.1 Å². The quantitative estimate of drug-likeness (QED) is 0.0503. The van der Waals surface area contributed by atoms with Crippen LogP contribution in [0.5, 0.6) is 0 Å². The molecular formula is C72H77BrCl3N21O2S3Si2. The van der Waals surface area contributed by atoms with Gasteiger partial charge in [0.2, 0.25) is 0 Å². The minimum atomic E-state index is -1.14. The van der Waals surface area contributed by atoms with Crippen LogP contribution in [-0.2, 0) is 22.9 Å². The normalized spacial score (nSPS) is 11.6. The second-order valence-corrected chi connectivity index (χ2v) is 42.8. The van der Waals surface area contributed by atoms with Gasteiger partial charge in [0, 0.05) is 101 Å². The van der Waals surface area contributed by atoms with Crippen molar-refractivity contribution >= 4 is 146 Å². The number of aryl methyl sites for hydroxylation is 3. The lowest BCUT2D eigenvalue weighted by Crippen LogP contribution is -2.22. The second kappa shape index (κ2) is 33.1. The van der Waals surface area contributed by atoms with Gasteiger partial charge in [-0.1, -0.05) is 92.3 Å². The number of halogens is 4. The van der Waals surface area contributed by atoms with Gasteiger partial charge in [0.05, 0.1) is 50.3 Å². The maximum Gasteiger partial charge on any atom is 0.195 e. The van der Waals surface area contributed by atoms with Gasteiger partial charge in [-0.25, -0.2) is 52.8 Å². The molecule has 0 fully saturated rings. The highest BCUT2D eigenvalue weighted by atomic mass is 79.9. The van der Waals surface area contributed by atoms with Gasteiger partial charge >= 0.3 is 0 Å². The van der Waals surface area contributed by atoms with Crippen molar-refractivity contribution < 1.29 is 9.47 Å². The molecule has 0 aliphatic rings. The molecular weight excluding hydrogens is 1530 g/mol. The van der Waals surface area contributed by atoms with Crippen LogP contribution < -0.4 is 15.1 Å². The topological polar surface area (TPSA) is 231 Å². The van der Waals surface area contributed by atoms with Gasteiger partial charge in [-0.3, -0.25) is 5.10 Å². The molecule has 15 aromatic rings. The van der Waals surface area contributed by atoms with Crippen LogP contribution in [-0.4, -0.2) is 139 Å². The molecule has 0 atom stereocenters. The summed E-state index contributed by atoms with van der Waals surface area (Å²) >= 11 is 26.1. The van der Waals surface area contributed by atoms with Crippen molar-refractivity contribution in [3.8, 4) is 63.8 Å². The van der Waals surface area contributed by atoms with Crippen LogP contribution in [0.15, 0.2) is 170 Å². The SMILES string of the molecule is CNc1ccc(Cl)cc1.Cc1nn2ccccc2c1-c1nc(Br)c(-c2ncn(COCC[Si](C)(C)C)n2)s1.Cc1nn2ccccc2c1-c1nc(N(C)c2ccc(Cl)cc2)c(-c2ncn(COCC[Si](C)(C)C)n2)s1.Cc1nn2ccccc2c1-c1nc(N(C)c2ccc(Cl)cc2)c(-c2ncn[nH]2)s1. The Labute approximate surface area is 639 Å². The maximum absolute atomic E-state index is 6.14. The van der Waals surface area contributed by atoms with Crippen LogP contribution in [0.25, 0.3) is 80.4 Å². The standard InChI is InChI=1S/C26H30ClN7OSSi.C20H16ClN7S.C19H23BrN6OSSi.C7H8ClN/c1-18-22(21-8-6-7-13-34(21)30-18)26-29-25(32(2)20-11-9-19(27)10-12-20)23(36-26)24-28-16-33(31-24)17-35-14-15-37(3,4)5;1-12-16(15-5-3-4-10-28(15)26-12)20-24-19(17(29-20)18-22-11-23-25-18)27(2)14-8-6-13(21)7-9-14;1-13-15(14-7-5-6-8-26(14)23-13)19-22-17(20)16(28-19)18-21-11-25(24-18)12-27-9-10-29(2,3)4;1-9-7-4-2-6(8)3-5-7/h6-13,16H,14-15,17H2,1-5H3;3-11H,1-2H3,(H,22,23,25);5-8,11H,9-10,12H2,1-4H3;2-5,9H,1H3. The lowest BCUT2D eigenvalue weighted by atomic mass is 10.2. The van der Waals surface area contributed by atoms with Gasteiger partial charge in [-0.05, 0) is 158 Å². The Kier molecular flexibility index (Phi) is 23.8. The fourth-order valence-electron chi connectivity index (χ4n) is 10.8. The first-order chi connectivity index (χ1) is 49.9. The van der Waals surface area contributed by atoms with Crippen molar-refractivity contribution in [2.24, 2.45) is 0 Å². The molecule has 2 N–H and O–H groups in total. The van der Waals surface area contributed by atoms with E-state index in [1.807, 2.05) is 199 Å². The summed E-state index contributed by atoms with van der Waals surface area (Å²) in [6, 6.07) is 43.3. The lowest BCUT2D eigenvalue weighted by molar-refractivity contribution is 0.0784. The number of hydrogen-bond donors (Lipinski definition) is 2. The molecule has 0 aliphatic carbocycles. The molecule has 0 amide bonds. The molecule has 0 saturated carbocycles. The van der Waals surface area contributed by atoms with Crippen LogP contribution in [0.3, 0.4) is 0 Å². The van der Waals surface area contributed by atoms with Crippen LogP contribution in [0.4, 0.5) is 28.7 Å². The molecule has 0 saturated heterocycles. The van der Waals surface area contributed by atoms with Crippen molar-refractivity contribution in [2.75, 3.05) is 49.5 Å². The van der Waals surface area contributed by atoms with E-state index < -0.39 is 16.1 Å².